The maximum absolute atomic E-state index is 15.0. The molecule has 0 spiro atoms. The van der Waals surface area contributed by atoms with Gasteiger partial charge in [0.05, 0.1) is 11.7 Å². The zero-order valence-electron chi connectivity index (χ0n) is 21.3. The highest BCUT2D eigenvalue weighted by Crippen LogP contribution is 2.38. The van der Waals surface area contributed by atoms with Crippen LogP contribution in [0.3, 0.4) is 0 Å². The van der Waals surface area contributed by atoms with Gasteiger partial charge in [0.25, 0.3) is 10.0 Å². The van der Waals surface area contributed by atoms with E-state index < -0.39 is 32.3 Å². The first-order chi connectivity index (χ1) is 18.1. The van der Waals surface area contributed by atoms with Gasteiger partial charge in [0.15, 0.2) is 16.7 Å². The molecule has 0 unspecified atom stereocenters. The average molecular weight is 584 g/mol. The summed E-state index contributed by atoms with van der Waals surface area (Å²) < 4.78 is 66.1. The number of sulfonamides is 1. The SMILES string of the molecule is C=CN/C(=N\S(=O)(=O)c1cc(F)c(Oc2ccc(Cl)cc2-c2ccnn2C2CN(C)C2)cc1F)SC.CC. The average Bonchev–Trinajstić information content (AvgIpc) is 3.35. The smallest absolute Gasteiger partial charge is 0.287 e. The number of ether oxygens (including phenoxy) is 1. The number of likely N-dealkylation sites (tertiary alicyclic amines) is 1. The minimum Gasteiger partial charge on any atom is -0.453 e. The van der Waals surface area contributed by atoms with Gasteiger partial charge in [0.1, 0.15) is 16.5 Å². The molecule has 0 atom stereocenters. The number of nitrogens with zero attached hydrogens (tertiary/aromatic N) is 4. The highest BCUT2D eigenvalue weighted by molar-refractivity contribution is 8.13. The van der Waals surface area contributed by atoms with Crippen LogP contribution in [0.1, 0.15) is 19.9 Å². The van der Waals surface area contributed by atoms with Crippen molar-refractivity contribution in [3.05, 3.63) is 72.0 Å². The summed E-state index contributed by atoms with van der Waals surface area (Å²) in [6.07, 6.45) is 4.43. The summed E-state index contributed by atoms with van der Waals surface area (Å²) in [4.78, 5) is 1.21. The van der Waals surface area contributed by atoms with Gasteiger partial charge < -0.3 is 15.0 Å². The predicted molar refractivity (Wildman–Crippen MR) is 148 cm³/mol. The fraction of sp³-hybridized carbons (Fsp3) is 0.280. The third kappa shape index (κ3) is 6.55. The van der Waals surface area contributed by atoms with Gasteiger partial charge in [-0.25, -0.2) is 8.78 Å². The normalized spacial score (nSPS) is 14.3. The van der Waals surface area contributed by atoms with Crippen molar-refractivity contribution in [3.63, 3.8) is 0 Å². The molecular formula is C25H28ClF2N5O3S2. The number of rotatable bonds is 7. The minimum atomic E-state index is -4.55. The number of likely N-dealkylation sites (N-methyl/N-ethyl adjacent to an activating group) is 1. The summed E-state index contributed by atoms with van der Waals surface area (Å²) in [6.45, 7) is 9.04. The van der Waals surface area contributed by atoms with E-state index in [1.165, 1.54) is 12.3 Å². The molecule has 13 heteroatoms. The Morgan fingerprint density at radius 3 is 2.55 bits per heavy atom. The first kappa shape index (κ1) is 29.6. The van der Waals surface area contributed by atoms with Gasteiger partial charge in [-0.3, -0.25) is 4.68 Å². The van der Waals surface area contributed by atoms with Crippen LogP contribution in [0, 0.1) is 11.6 Å². The molecule has 0 saturated carbocycles. The van der Waals surface area contributed by atoms with E-state index in [-0.39, 0.29) is 17.0 Å². The first-order valence-corrected chi connectivity index (χ1v) is 14.6. The van der Waals surface area contributed by atoms with Crippen molar-refractivity contribution < 1.29 is 21.9 Å². The number of aromatic nitrogens is 2. The lowest BCUT2D eigenvalue weighted by atomic mass is 10.1. The third-order valence-electron chi connectivity index (χ3n) is 5.38. The largest absolute Gasteiger partial charge is 0.453 e. The summed E-state index contributed by atoms with van der Waals surface area (Å²) in [6, 6.07) is 7.87. The predicted octanol–water partition coefficient (Wildman–Crippen LogP) is 5.93. The molecule has 3 aromatic rings. The van der Waals surface area contributed by atoms with Gasteiger partial charge in [-0.2, -0.15) is 13.5 Å². The number of halogens is 3. The van der Waals surface area contributed by atoms with Crippen molar-refractivity contribution in [3.8, 4) is 22.8 Å². The molecule has 0 bridgehead atoms. The second-order valence-electron chi connectivity index (χ2n) is 7.92. The van der Waals surface area contributed by atoms with Gasteiger partial charge in [-0.05, 0) is 43.8 Å². The van der Waals surface area contributed by atoms with Crippen LogP contribution in [-0.4, -0.2) is 54.7 Å². The Balaban J connectivity index is 0.00000195. The lowest BCUT2D eigenvalue weighted by molar-refractivity contribution is 0.132. The topological polar surface area (TPSA) is 88.8 Å². The standard InChI is InChI=1S/C23H22ClF2N5O3S2.C2H6/c1-4-27-23(35-3)29-36(32,33)22-11-17(25)21(10-18(22)26)34-20-6-5-14(24)9-16(20)19-7-8-28-31(19)15-12-30(2)13-15;1-2/h4-11,15H,1,12-13H2,2-3H3,(H,27,29);1-2H3. The minimum absolute atomic E-state index is 0.0507. The molecule has 1 aliphatic rings. The van der Waals surface area contributed by atoms with E-state index in [4.69, 9.17) is 16.3 Å². The summed E-state index contributed by atoms with van der Waals surface area (Å²) in [7, 11) is -2.55. The van der Waals surface area contributed by atoms with Crippen molar-refractivity contribution in [1.82, 2.24) is 20.0 Å². The molecule has 8 nitrogen and oxygen atoms in total. The molecule has 0 radical (unpaired) electrons. The van der Waals surface area contributed by atoms with Crippen molar-refractivity contribution >= 4 is 38.6 Å². The van der Waals surface area contributed by atoms with Crippen LogP contribution in [0.5, 0.6) is 11.5 Å². The lowest BCUT2D eigenvalue weighted by Crippen LogP contribution is -2.45. The lowest BCUT2D eigenvalue weighted by Gasteiger charge is -2.37. The van der Waals surface area contributed by atoms with E-state index in [2.05, 4.69) is 26.3 Å². The van der Waals surface area contributed by atoms with Crippen LogP contribution in [-0.2, 0) is 10.0 Å². The second-order valence-corrected chi connectivity index (χ2v) is 10.7. The molecule has 2 aromatic carbocycles. The molecule has 0 aliphatic carbocycles. The van der Waals surface area contributed by atoms with Crippen LogP contribution in [0.2, 0.25) is 5.02 Å². The van der Waals surface area contributed by atoms with Gasteiger partial charge in [-0.1, -0.05) is 43.8 Å². The van der Waals surface area contributed by atoms with Gasteiger partial charge >= 0.3 is 0 Å². The van der Waals surface area contributed by atoms with Crippen LogP contribution in [0.4, 0.5) is 8.78 Å². The highest BCUT2D eigenvalue weighted by Gasteiger charge is 2.29. The van der Waals surface area contributed by atoms with Crippen LogP contribution < -0.4 is 10.1 Å². The van der Waals surface area contributed by atoms with E-state index in [0.29, 0.717) is 28.4 Å². The maximum atomic E-state index is 15.0. The fourth-order valence-electron chi connectivity index (χ4n) is 3.70. The van der Waals surface area contributed by atoms with E-state index in [0.717, 1.165) is 24.9 Å². The number of nitrogens with one attached hydrogen (secondary N) is 1. The summed E-state index contributed by atoms with van der Waals surface area (Å²) in [5, 5.41) is 7.29. The quantitative estimate of drug-likeness (QED) is 0.272. The van der Waals surface area contributed by atoms with Crippen molar-refractivity contribution in [2.75, 3.05) is 26.4 Å². The fourth-order valence-corrected chi connectivity index (χ4v) is 5.60. The Kier molecular flexibility index (Phi) is 9.94. The third-order valence-corrected chi connectivity index (χ3v) is 7.62. The number of benzene rings is 2. The number of amidine groups is 1. The van der Waals surface area contributed by atoms with Crippen LogP contribution in [0.25, 0.3) is 11.3 Å². The van der Waals surface area contributed by atoms with Crippen LogP contribution >= 0.6 is 23.4 Å². The molecule has 38 heavy (non-hydrogen) atoms. The Morgan fingerprint density at radius 1 is 1.21 bits per heavy atom. The van der Waals surface area contributed by atoms with E-state index in [1.54, 1.807) is 30.7 Å². The molecular weight excluding hydrogens is 556 g/mol. The van der Waals surface area contributed by atoms with E-state index in [1.807, 2.05) is 25.6 Å². The van der Waals surface area contributed by atoms with Crippen molar-refractivity contribution in [2.45, 2.75) is 24.8 Å². The monoisotopic (exact) mass is 583 g/mol. The molecule has 204 valence electrons. The Bertz CT molecular complexity index is 1440. The Morgan fingerprint density at radius 2 is 1.92 bits per heavy atom. The number of hydrogen-bond acceptors (Lipinski definition) is 6. The Labute approximate surface area is 230 Å². The summed E-state index contributed by atoms with van der Waals surface area (Å²) in [5.41, 5.74) is 1.22. The summed E-state index contributed by atoms with van der Waals surface area (Å²) in [5.74, 6) is -2.60. The second kappa shape index (κ2) is 12.7. The highest BCUT2D eigenvalue weighted by atomic mass is 35.5. The van der Waals surface area contributed by atoms with Gasteiger partial charge in [0, 0.05) is 42.0 Å². The summed E-state index contributed by atoms with van der Waals surface area (Å²) >= 11 is 7.19. The van der Waals surface area contributed by atoms with Gasteiger partial charge in [-0.15, -0.1) is 4.40 Å². The van der Waals surface area contributed by atoms with E-state index >= 15 is 0 Å². The zero-order valence-corrected chi connectivity index (χ0v) is 23.7. The molecule has 1 fully saturated rings. The Hall–Kier alpha value is -2.93. The van der Waals surface area contributed by atoms with Crippen molar-refractivity contribution in [2.24, 2.45) is 4.40 Å². The molecule has 1 saturated heterocycles. The molecule has 1 aromatic heterocycles. The maximum Gasteiger partial charge on any atom is 0.287 e. The molecule has 1 aliphatic heterocycles. The number of hydrogen-bond donors (Lipinski definition) is 1. The molecule has 1 N–H and O–H groups in total. The van der Waals surface area contributed by atoms with E-state index in [9.17, 15) is 17.2 Å². The molecule has 4 rings (SSSR count). The van der Waals surface area contributed by atoms with Gasteiger partial charge in [0.2, 0.25) is 0 Å². The molecule has 2 heterocycles. The zero-order chi connectivity index (χ0) is 28.0. The first-order valence-electron chi connectivity index (χ1n) is 11.6. The van der Waals surface area contributed by atoms with Crippen molar-refractivity contribution in [1.29, 1.82) is 0 Å². The number of thioether (sulfide) groups is 1. The molecule has 0 amide bonds. The van der Waals surface area contributed by atoms with Crippen LogP contribution in [0.15, 0.2) is 64.7 Å².